The number of halogens is 1. The summed E-state index contributed by atoms with van der Waals surface area (Å²) in [6, 6.07) is 4.40. The van der Waals surface area contributed by atoms with Crippen LogP contribution in [0.5, 0.6) is 0 Å². The Balaban J connectivity index is 3.24. The Kier molecular flexibility index (Phi) is 4.33. The van der Waals surface area contributed by atoms with Gasteiger partial charge in [0.1, 0.15) is 6.42 Å². The number of carbonyl (C=O) groups excluding carboxylic acids is 1. The van der Waals surface area contributed by atoms with Gasteiger partial charge < -0.3 is 5.32 Å². The molecule has 1 amide bonds. The van der Waals surface area contributed by atoms with Gasteiger partial charge in [-0.1, -0.05) is 11.6 Å². The summed E-state index contributed by atoms with van der Waals surface area (Å²) in [6.07, 6.45) is 0.745. The average molecular weight is 287 g/mol. The minimum Gasteiger partial charge on any atom is -0.324 e. The summed E-state index contributed by atoms with van der Waals surface area (Å²) in [7, 11) is -3.39. The normalized spacial score (nSPS) is 10.8. The number of nitrogens with one attached hydrogen (secondary N) is 1. The molecule has 1 aromatic carbocycles. The van der Waals surface area contributed by atoms with E-state index in [1.165, 1.54) is 12.1 Å². The first kappa shape index (κ1) is 14.5. The van der Waals surface area contributed by atoms with Crippen molar-refractivity contribution in [2.24, 2.45) is 0 Å². The van der Waals surface area contributed by atoms with Gasteiger partial charge in [0.25, 0.3) is 0 Å². The van der Waals surface area contributed by atoms with E-state index in [4.69, 9.17) is 16.9 Å². The molecule has 1 aromatic rings. The second-order valence-corrected chi connectivity index (χ2v) is 6.15. The predicted octanol–water partition coefficient (Wildman–Crippen LogP) is 1.90. The molecule has 0 aliphatic carbocycles. The maximum absolute atomic E-state index is 11.5. The molecule has 0 unspecified atom stereocenters. The van der Waals surface area contributed by atoms with Crippen molar-refractivity contribution in [3.63, 3.8) is 0 Å². The molecule has 18 heavy (non-hydrogen) atoms. The molecule has 0 aliphatic heterocycles. The topological polar surface area (TPSA) is 87.0 Å². The number of nitriles is 1. The lowest BCUT2D eigenvalue weighted by molar-refractivity contribution is -0.115. The highest BCUT2D eigenvalue weighted by Crippen LogP contribution is 2.29. The van der Waals surface area contributed by atoms with Crippen molar-refractivity contribution in [1.82, 2.24) is 0 Å². The van der Waals surface area contributed by atoms with E-state index in [-0.39, 0.29) is 22.0 Å². The molecule has 1 rings (SSSR count). The van der Waals surface area contributed by atoms with Crippen molar-refractivity contribution in [1.29, 1.82) is 5.26 Å². The Bertz CT molecular complexity index is 632. The maximum atomic E-state index is 11.5. The van der Waals surface area contributed by atoms with E-state index in [9.17, 15) is 13.2 Å². The Labute approximate surface area is 110 Å². The highest BCUT2D eigenvalue weighted by molar-refractivity contribution is 7.90. The largest absolute Gasteiger partial charge is 0.324 e. The Morgan fingerprint density at radius 1 is 1.50 bits per heavy atom. The second kappa shape index (κ2) is 5.38. The van der Waals surface area contributed by atoms with Gasteiger partial charge in [-0.2, -0.15) is 5.26 Å². The van der Waals surface area contributed by atoms with Crippen molar-refractivity contribution < 1.29 is 13.2 Å². The molecule has 0 radical (unpaired) electrons. The van der Waals surface area contributed by atoms with Gasteiger partial charge in [0, 0.05) is 6.26 Å². The third kappa shape index (κ3) is 3.45. The van der Waals surface area contributed by atoms with E-state index < -0.39 is 15.7 Å². The van der Waals surface area contributed by atoms with Crippen molar-refractivity contribution >= 4 is 33.0 Å². The summed E-state index contributed by atoms with van der Waals surface area (Å²) in [5.74, 6) is -0.538. The summed E-state index contributed by atoms with van der Waals surface area (Å²) >= 11 is 5.97. The van der Waals surface area contributed by atoms with Crippen LogP contribution in [0.4, 0.5) is 5.69 Å². The monoisotopic (exact) mass is 286 g/mol. The van der Waals surface area contributed by atoms with E-state index in [1.54, 1.807) is 13.0 Å². The number of anilines is 1. The van der Waals surface area contributed by atoms with Crippen LogP contribution < -0.4 is 5.32 Å². The van der Waals surface area contributed by atoms with Crippen LogP contribution in [-0.2, 0) is 14.6 Å². The standard InChI is InChI=1S/C11H11ClN2O3S/c1-7-5-8(18(2,16)17)6-9(11(7)12)14-10(15)3-4-13/h5-6H,3H2,1-2H3,(H,14,15). The lowest BCUT2D eigenvalue weighted by atomic mass is 10.2. The molecule has 0 aliphatic rings. The number of aryl methyl sites for hydroxylation is 1. The van der Waals surface area contributed by atoms with Crippen molar-refractivity contribution in [3.05, 3.63) is 22.7 Å². The molecule has 0 aromatic heterocycles. The minimum atomic E-state index is -3.39. The highest BCUT2D eigenvalue weighted by atomic mass is 35.5. The van der Waals surface area contributed by atoms with Gasteiger partial charge in [-0.05, 0) is 24.6 Å². The zero-order valence-corrected chi connectivity index (χ0v) is 11.4. The van der Waals surface area contributed by atoms with Crippen LogP contribution >= 0.6 is 11.6 Å². The molecule has 0 bridgehead atoms. The molecule has 0 saturated heterocycles. The zero-order valence-electron chi connectivity index (χ0n) is 9.82. The van der Waals surface area contributed by atoms with Gasteiger partial charge in [-0.3, -0.25) is 4.79 Å². The molecule has 0 saturated carbocycles. The smallest absolute Gasteiger partial charge is 0.238 e. The number of hydrogen-bond acceptors (Lipinski definition) is 4. The predicted molar refractivity (Wildman–Crippen MR) is 68.2 cm³/mol. The lowest BCUT2D eigenvalue weighted by Gasteiger charge is -2.10. The molecule has 5 nitrogen and oxygen atoms in total. The molecular weight excluding hydrogens is 276 g/mol. The summed E-state index contributed by atoms with van der Waals surface area (Å²) in [4.78, 5) is 11.4. The summed E-state index contributed by atoms with van der Waals surface area (Å²) in [5, 5.41) is 11.0. The third-order valence-electron chi connectivity index (χ3n) is 2.17. The van der Waals surface area contributed by atoms with Crippen LogP contribution in [0.25, 0.3) is 0 Å². The van der Waals surface area contributed by atoms with Crippen LogP contribution in [-0.4, -0.2) is 20.6 Å². The lowest BCUT2D eigenvalue weighted by Crippen LogP contribution is -2.11. The van der Waals surface area contributed by atoms with Crippen LogP contribution in [0.2, 0.25) is 5.02 Å². The third-order valence-corrected chi connectivity index (χ3v) is 3.76. The average Bonchev–Trinajstić information content (AvgIpc) is 2.23. The minimum absolute atomic E-state index is 0.0663. The summed E-state index contributed by atoms with van der Waals surface area (Å²) in [5.41, 5.74) is 0.726. The zero-order chi connectivity index (χ0) is 13.9. The molecule has 0 fully saturated rings. The van der Waals surface area contributed by atoms with Crippen molar-refractivity contribution in [2.45, 2.75) is 18.2 Å². The maximum Gasteiger partial charge on any atom is 0.238 e. The fourth-order valence-corrected chi connectivity index (χ4v) is 2.19. The number of nitrogens with zero attached hydrogens (tertiary/aromatic N) is 1. The first-order chi connectivity index (χ1) is 8.25. The van der Waals surface area contributed by atoms with E-state index in [0.29, 0.717) is 5.56 Å². The van der Waals surface area contributed by atoms with Crippen molar-refractivity contribution in [3.8, 4) is 6.07 Å². The van der Waals surface area contributed by atoms with Crippen LogP contribution in [0.3, 0.4) is 0 Å². The van der Waals surface area contributed by atoms with Crippen LogP contribution in [0.1, 0.15) is 12.0 Å². The number of rotatable bonds is 3. The van der Waals surface area contributed by atoms with E-state index in [1.807, 2.05) is 0 Å². The molecule has 1 N–H and O–H groups in total. The quantitative estimate of drug-likeness (QED) is 0.919. The van der Waals surface area contributed by atoms with Gasteiger partial charge in [-0.15, -0.1) is 0 Å². The number of carbonyl (C=O) groups is 1. The molecule has 96 valence electrons. The number of sulfone groups is 1. The molecule has 0 heterocycles. The number of amides is 1. The van der Waals surface area contributed by atoms with Gasteiger partial charge in [0.05, 0.1) is 21.7 Å². The molecule has 7 heteroatoms. The molecular formula is C11H11ClN2O3S. The fraction of sp³-hybridized carbons (Fsp3) is 0.273. The number of benzene rings is 1. The van der Waals surface area contributed by atoms with Gasteiger partial charge in [0.2, 0.25) is 5.91 Å². The number of hydrogen-bond donors (Lipinski definition) is 1. The second-order valence-electron chi connectivity index (χ2n) is 3.76. The van der Waals surface area contributed by atoms with Crippen molar-refractivity contribution in [2.75, 3.05) is 11.6 Å². The Hall–Kier alpha value is -1.58. The van der Waals surface area contributed by atoms with Gasteiger partial charge in [0.15, 0.2) is 9.84 Å². The Morgan fingerprint density at radius 3 is 2.61 bits per heavy atom. The first-order valence-corrected chi connectivity index (χ1v) is 7.19. The van der Waals surface area contributed by atoms with Crippen LogP contribution in [0, 0.1) is 18.3 Å². The molecule has 0 atom stereocenters. The highest BCUT2D eigenvalue weighted by Gasteiger charge is 2.14. The van der Waals surface area contributed by atoms with E-state index in [2.05, 4.69) is 5.32 Å². The van der Waals surface area contributed by atoms with Gasteiger partial charge >= 0.3 is 0 Å². The SMILES string of the molecule is Cc1cc(S(C)(=O)=O)cc(NC(=O)CC#N)c1Cl. The van der Waals surface area contributed by atoms with E-state index in [0.717, 1.165) is 6.26 Å². The fourth-order valence-electron chi connectivity index (χ4n) is 1.31. The molecule has 0 spiro atoms. The van der Waals surface area contributed by atoms with Crippen LogP contribution in [0.15, 0.2) is 17.0 Å². The Morgan fingerprint density at radius 2 is 2.11 bits per heavy atom. The summed E-state index contributed by atoms with van der Waals surface area (Å²) in [6.45, 7) is 1.64. The van der Waals surface area contributed by atoms with E-state index >= 15 is 0 Å². The summed E-state index contributed by atoms with van der Waals surface area (Å²) < 4.78 is 22.9. The first-order valence-electron chi connectivity index (χ1n) is 4.92. The van der Waals surface area contributed by atoms with Gasteiger partial charge in [-0.25, -0.2) is 8.42 Å².